The van der Waals surface area contributed by atoms with Crippen molar-refractivity contribution in [3.05, 3.63) is 18.3 Å². The largest absolute Gasteiger partial charge is 0.396 e. The normalized spacial score (nSPS) is 23.2. The maximum atomic E-state index is 12.3. The van der Waals surface area contributed by atoms with E-state index in [4.69, 9.17) is 0 Å². The fourth-order valence-corrected chi connectivity index (χ4v) is 3.66. The van der Waals surface area contributed by atoms with Crippen molar-refractivity contribution >= 4 is 15.5 Å². The first-order valence-electron chi connectivity index (χ1n) is 7.34. The van der Waals surface area contributed by atoms with E-state index in [1.54, 1.807) is 39.1 Å². The van der Waals surface area contributed by atoms with Gasteiger partial charge in [0.25, 0.3) is 0 Å². The predicted molar refractivity (Wildman–Crippen MR) is 83.0 cm³/mol. The summed E-state index contributed by atoms with van der Waals surface area (Å²) in [5.41, 5.74) is 0.799. The number of nitrogens with zero attached hydrogens (tertiary/aromatic N) is 1. The molecule has 1 aromatic heterocycles. The summed E-state index contributed by atoms with van der Waals surface area (Å²) in [5.74, 6) is 0.267. The van der Waals surface area contributed by atoms with Crippen molar-refractivity contribution in [2.45, 2.75) is 55.8 Å². The first kappa shape index (κ1) is 16.2. The van der Waals surface area contributed by atoms with Gasteiger partial charge in [0, 0.05) is 18.6 Å². The van der Waals surface area contributed by atoms with E-state index in [-0.39, 0.29) is 23.6 Å². The fourth-order valence-electron chi connectivity index (χ4n) is 2.60. The van der Waals surface area contributed by atoms with Gasteiger partial charge in [-0.15, -0.1) is 0 Å². The highest BCUT2D eigenvalue weighted by Crippen LogP contribution is 2.29. The lowest BCUT2D eigenvalue weighted by atomic mass is 10.1. The van der Waals surface area contributed by atoms with E-state index in [2.05, 4.69) is 10.3 Å². The molecule has 0 aliphatic heterocycles. The molecule has 118 valence electrons. The highest BCUT2D eigenvalue weighted by Gasteiger charge is 2.32. The van der Waals surface area contributed by atoms with E-state index in [1.807, 2.05) is 0 Å². The minimum Gasteiger partial charge on any atom is -0.396 e. The second kappa shape index (κ2) is 5.93. The van der Waals surface area contributed by atoms with Gasteiger partial charge >= 0.3 is 0 Å². The first-order chi connectivity index (χ1) is 9.75. The van der Waals surface area contributed by atoms with Crippen LogP contribution in [0.1, 0.15) is 40.0 Å². The molecule has 1 aliphatic rings. The summed E-state index contributed by atoms with van der Waals surface area (Å²) in [6.45, 7) is 5.18. The summed E-state index contributed by atoms with van der Waals surface area (Å²) >= 11 is 0. The quantitative estimate of drug-likeness (QED) is 0.891. The molecule has 2 rings (SSSR count). The van der Waals surface area contributed by atoms with E-state index in [1.165, 1.54) is 0 Å². The molecule has 21 heavy (non-hydrogen) atoms. The maximum absolute atomic E-state index is 12.3. The van der Waals surface area contributed by atoms with Gasteiger partial charge in [-0.1, -0.05) is 6.42 Å². The summed E-state index contributed by atoms with van der Waals surface area (Å²) in [6.07, 6.45) is 4.71. The van der Waals surface area contributed by atoms with Crippen LogP contribution in [0.5, 0.6) is 0 Å². The molecule has 2 N–H and O–H groups in total. The molecular weight excluding hydrogens is 288 g/mol. The van der Waals surface area contributed by atoms with Crippen molar-refractivity contribution < 1.29 is 13.5 Å². The van der Waals surface area contributed by atoms with Gasteiger partial charge in [0.05, 0.1) is 16.6 Å². The Labute approximate surface area is 126 Å². The van der Waals surface area contributed by atoms with Crippen molar-refractivity contribution in [2.75, 3.05) is 11.9 Å². The number of sulfone groups is 1. The van der Waals surface area contributed by atoms with Crippen LogP contribution >= 0.6 is 0 Å². The van der Waals surface area contributed by atoms with Crippen molar-refractivity contribution in [3.8, 4) is 0 Å². The Hall–Kier alpha value is -1.14. The average Bonchev–Trinajstić information content (AvgIpc) is 2.85. The van der Waals surface area contributed by atoms with Crippen molar-refractivity contribution in [1.82, 2.24) is 4.98 Å². The van der Waals surface area contributed by atoms with E-state index in [0.29, 0.717) is 0 Å². The van der Waals surface area contributed by atoms with E-state index in [9.17, 15) is 13.5 Å². The fraction of sp³-hybridized carbons (Fsp3) is 0.667. The molecule has 1 heterocycles. The van der Waals surface area contributed by atoms with Gasteiger partial charge < -0.3 is 10.4 Å². The summed E-state index contributed by atoms with van der Waals surface area (Å²) in [5, 5.41) is 12.8. The number of aromatic nitrogens is 1. The Kier molecular flexibility index (Phi) is 4.58. The molecule has 0 unspecified atom stereocenters. The lowest BCUT2D eigenvalue weighted by molar-refractivity contribution is 0.222. The van der Waals surface area contributed by atoms with E-state index in [0.717, 1.165) is 24.9 Å². The predicted octanol–water partition coefficient (Wildman–Crippen LogP) is 2.23. The molecule has 6 heteroatoms. The number of anilines is 1. The minimum atomic E-state index is -3.41. The van der Waals surface area contributed by atoms with Crippen LogP contribution in [0.3, 0.4) is 0 Å². The molecule has 0 spiro atoms. The number of aliphatic hydroxyl groups excluding tert-OH is 1. The monoisotopic (exact) mass is 312 g/mol. The van der Waals surface area contributed by atoms with Gasteiger partial charge in [0.2, 0.25) is 0 Å². The van der Waals surface area contributed by atoms with Crippen molar-refractivity contribution in [2.24, 2.45) is 5.92 Å². The van der Waals surface area contributed by atoms with Crippen LogP contribution in [-0.2, 0) is 9.84 Å². The summed E-state index contributed by atoms with van der Waals surface area (Å²) < 4.78 is 23.7. The second-order valence-corrected chi connectivity index (χ2v) is 9.28. The SMILES string of the molecule is CC(C)(C)S(=O)(=O)c1ccc(N[C@H]2CCC[C@H]2CO)cn1. The number of hydrogen-bond acceptors (Lipinski definition) is 5. The number of aliphatic hydroxyl groups is 1. The summed E-state index contributed by atoms with van der Waals surface area (Å²) in [4.78, 5) is 4.10. The van der Waals surface area contributed by atoms with Crippen LogP contribution in [0.2, 0.25) is 0 Å². The topological polar surface area (TPSA) is 79.3 Å². The van der Waals surface area contributed by atoms with E-state index >= 15 is 0 Å². The van der Waals surface area contributed by atoms with Crippen LogP contribution in [0.25, 0.3) is 0 Å². The molecule has 0 aromatic carbocycles. The molecule has 0 bridgehead atoms. The standard InChI is InChI=1S/C15H24N2O3S/c1-15(2,3)21(19,20)14-8-7-12(9-16-14)17-13-6-4-5-11(13)10-18/h7-9,11,13,17-18H,4-6,10H2,1-3H3/t11-,13-/m0/s1. The van der Waals surface area contributed by atoms with Crippen LogP contribution in [0, 0.1) is 5.92 Å². The summed E-state index contributed by atoms with van der Waals surface area (Å²) in [6, 6.07) is 3.53. The smallest absolute Gasteiger partial charge is 0.200 e. The minimum absolute atomic E-state index is 0.102. The Morgan fingerprint density at radius 1 is 1.33 bits per heavy atom. The Morgan fingerprint density at radius 3 is 2.57 bits per heavy atom. The molecule has 0 saturated heterocycles. The highest BCUT2D eigenvalue weighted by atomic mass is 32.2. The third-order valence-electron chi connectivity index (χ3n) is 4.06. The zero-order valence-corrected chi connectivity index (χ0v) is 13.7. The third-order valence-corrected chi connectivity index (χ3v) is 6.47. The summed E-state index contributed by atoms with van der Waals surface area (Å²) in [7, 11) is -3.41. The molecule has 1 aliphatic carbocycles. The number of pyridine rings is 1. The van der Waals surface area contributed by atoms with Crippen molar-refractivity contribution in [3.63, 3.8) is 0 Å². The lowest BCUT2D eigenvalue weighted by Crippen LogP contribution is -2.29. The number of rotatable bonds is 4. The van der Waals surface area contributed by atoms with Crippen LogP contribution < -0.4 is 5.32 Å². The molecule has 1 aromatic rings. The molecule has 0 amide bonds. The Balaban J connectivity index is 2.13. The zero-order valence-electron chi connectivity index (χ0n) is 12.8. The molecule has 1 fully saturated rings. The van der Waals surface area contributed by atoms with Gasteiger partial charge in [0.15, 0.2) is 14.9 Å². The molecule has 1 saturated carbocycles. The van der Waals surface area contributed by atoms with Gasteiger partial charge in [-0.3, -0.25) is 0 Å². The molecular formula is C15H24N2O3S. The van der Waals surface area contributed by atoms with Gasteiger partial charge in [0.1, 0.15) is 0 Å². The van der Waals surface area contributed by atoms with Crippen molar-refractivity contribution in [1.29, 1.82) is 0 Å². The zero-order chi connectivity index (χ0) is 15.7. The van der Waals surface area contributed by atoms with Gasteiger partial charge in [-0.25, -0.2) is 13.4 Å². The maximum Gasteiger partial charge on any atom is 0.200 e. The average molecular weight is 312 g/mol. The van der Waals surface area contributed by atoms with E-state index < -0.39 is 14.6 Å². The van der Waals surface area contributed by atoms with Gasteiger partial charge in [-0.05, 0) is 45.7 Å². The molecule has 5 nitrogen and oxygen atoms in total. The second-order valence-electron chi connectivity index (χ2n) is 6.63. The number of nitrogens with one attached hydrogen (secondary N) is 1. The molecule has 0 radical (unpaired) electrons. The van der Waals surface area contributed by atoms with Crippen LogP contribution in [0.15, 0.2) is 23.4 Å². The number of hydrogen-bond donors (Lipinski definition) is 2. The first-order valence-corrected chi connectivity index (χ1v) is 8.82. The van der Waals surface area contributed by atoms with Crippen LogP contribution in [0.4, 0.5) is 5.69 Å². The van der Waals surface area contributed by atoms with Gasteiger partial charge in [-0.2, -0.15) is 0 Å². The Bertz CT molecular complexity index is 576. The molecule has 2 atom stereocenters. The highest BCUT2D eigenvalue weighted by molar-refractivity contribution is 7.92. The Morgan fingerprint density at radius 2 is 2.05 bits per heavy atom. The van der Waals surface area contributed by atoms with Crippen LogP contribution in [-0.4, -0.2) is 35.9 Å². The third kappa shape index (κ3) is 3.37. The lowest BCUT2D eigenvalue weighted by Gasteiger charge is -2.21.